The van der Waals surface area contributed by atoms with E-state index in [-0.39, 0.29) is 0 Å². The van der Waals surface area contributed by atoms with Crippen molar-refractivity contribution in [3.05, 3.63) is 29.3 Å². The van der Waals surface area contributed by atoms with Gasteiger partial charge in [-0.3, -0.25) is 5.10 Å². The van der Waals surface area contributed by atoms with Gasteiger partial charge >= 0.3 is 0 Å². The Labute approximate surface area is 111 Å². The van der Waals surface area contributed by atoms with E-state index in [9.17, 15) is 0 Å². The Balaban J connectivity index is 2.04. The lowest BCUT2D eigenvalue weighted by molar-refractivity contribution is 0.359. The molecule has 0 fully saturated rings. The molecule has 0 aliphatic rings. The lowest BCUT2D eigenvalue weighted by atomic mass is 10.2. The standard InChI is InChI=1S/C12H17N5O2/c1-8-9(5-16-17-8)4-13-6-10-11(18-2)14-7-15-12(10)19-3/h5,7,13H,4,6H2,1-3H3,(H,16,17). The van der Waals surface area contributed by atoms with E-state index in [2.05, 4.69) is 25.5 Å². The summed E-state index contributed by atoms with van der Waals surface area (Å²) in [6.45, 7) is 3.23. The molecule has 0 bridgehead atoms. The summed E-state index contributed by atoms with van der Waals surface area (Å²) in [6, 6.07) is 0. The molecule has 0 saturated carbocycles. The van der Waals surface area contributed by atoms with Gasteiger partial charge in [0.15, 0.2) is 0 Å². The zero-order valence-corrected chi connectivity index (χ0v) is 11.2. The maximum Gasteiger partial charge on any atom is 0.224 e. The molecule has 2 N–H and O–H groups in total. The van der Waals surface area contributed by atoms with Gasteiger partial charge in [-0.05, 0) is 6.92 Å². The van der Waals surface area contributed by atoms with E-state index in [4.69, 9.17) is 9.47 Å². The fourth-order valence-electron chi connectivity index (χ4n) is 1.76. The predicted octanol–water partition coefficient (Wildman–Crippen LogP) is 0.815. The summed E-state index contributed by atoms with van der Waals surface area (Å²) in [4.78, 5) is 8.13. The van der Waals surface area contributed by atoms with Gasteiger partial charge in [-0.1, -0.05) is 0 Å². The lowest BCUT2D eigenvalue weighted by Gasteiger charge is -2.11. The number of nitrogens with zero attached hydrogens (tertiary/aromatic N) is 3. The largest absolute Gasteiger partial charge is 0.481 e. The minimum Gasteiger partial charge on any atom is -0.481 e. The SMILES string of the molecule is COc1ncnc(OC)c1CNCc1cn[nH]c1C. The first kappa shape index (κ1) is 13.3. The number of nitrogens with one attached hydrogen (secondary N) is 2. The molecule has 0 aliphatic heterocycles. The van der Waals surface area contributed by atoms with E-state index in [0.717, 1.165) is 16.8 Å². The van der Waals surface area contributed by atoms with Gasteiger partial charge < -0.3 is 14.8 Å². The van der Waals surface area contributed by atoms with E-state index in [1.807, 2.05) is 6.92 Å². The Morgan fingerprint density at radius 3 is 2.37 bits per heavy atom. The van der Waals surface area contributed by atoms with Crippen LogP contribution in [0, 0.1) is 6.92 Å². The van der Waals surface area contributed by atoms with E-state index >= 15 is 0 Å². The van der Waals surface area contributed by atoms with Crippen LogP contribution >= 0.6 is 0 Å². The molecule has 0 aliphatic carbocycles. The van der Waals surface area contributed by atoms with Crippen LogP contribution in [-0.2, 0) is 13.1 Å². The summed E-state index contributed by atoms with van der Waals surface area (Å²) in [5.41, 5.74) is 2.97. The van der Waals surface area contributed by atoms with Crippen molar-refractivity contribution in [1.82, 2.24) is 25.5 Å². The van der Waals surface area contributed by atoms with Crippen LogP contribution in [0.2, 0.25) is 0 Å². The van der Waals surface area contributed by atoms with Gasteiger partial charge in [0.25, 0.3) is 0 Å². The molecule has 0 spiro atoms. The average molecular weight is 263 g/mol. The number of hydrogen-bond acceptors (Lipinski definition) is 6. The number of H-pyrrole nitrogens is 1. The molecule has 0 radical (unpaired) electrons. The third-order valence-electron chi connectivity index (χ3n) is 2.80. The molecule has 2 heterocycles. The second kappa shape index (κ2) is 6.14. The van der Waals surface area contributed by atoms with Crippen LogP contribution in [0.1, 0.15) is 16.8 Å². The van der Waals surface area contributed by atoms with E-state index < -0.39 is 0 Å². The van der Waals surface area contributed by atoms with Crippen LogP contribution in [0.3, 0.4) is 0 Å². The fourth-order valence-corrected chi connectivity index (χ4v) is 1.76. The molecule has 0 amide bonds. The van der Waals surface area contributed by atoms with Crippen molar-refractivity contribution in [3.8, 4) is 11.8 Å². The maximum atomic E-state index is 5.21. The van der Waals surface area contributed by atoms with Crippen LogP contribution in [-0.4, -0.2) is 34.4 Å². The number of aryl methyl sites for hydroxylation is 1. The number of aromatic nitrogens is 4. The van der Waals surface area contributed by atoms with E-state index in [1.165, 1.54) is 6.33 Å². The summed E-state index contributed by atoms with van der Waals surface area (Å²) in [5.74, 6) is 1.03. The molecule has 0 atom stereocenters. The Morgan fingerprint density at radius 2 is 1.84 bits per heavy atom. The summed E-state index contributed by atoms with van der Waals surface area (Å²) >= 11 is 0. The maximum absolute atomic E-state index is 5.21. The van der Waals surface area contributed by atoms with Crippen molar-refractivity contribution in [2.24, 2.45) is 0 Å². The van der Waals surface area contributed by atoms with E-state index in [0.29, 0.717) is 24.8 Å². The minimum atomic E-state index is 0.517. The summed E-state index contributed by atoms with van der Waals surface area (Å²) in [5, 5.41) is 10.2. The van der Waals surface area contributed by atoms with Gasteiger partial charge in [-0.15, -0.1) is 0 Å². The van der Waals surface area contributed by atoms with Crippen molar-refractivity contribution in [2.75, 3.05) is 14.2 Å². The Hall–Kier alpha value is -2.15. The highest BCUT2D eigenvalue weighted by Gasteiger charge is 2.12. The van der Waals surface area contributed by atoms with E-state index in [1.54, 1.807) is 20.4 Å². The number of hydrogen-bond donors (Lipinski definition) is 2. The average Bonchev–Trinajstić information content (AvgIpc) is 2.84. The minimum absolute atomic E-state index is 0.517. The number of ether oxygens (including phenoxy) is 2. The first-order chi connectivity index (χ1) is 9.26. The van der Waals surface area contributed by atoms with Gasteiger partial charge in [0, 0.05) is 24.3 Å². The molecule has 2 aromatic heterocycles. The van der Waals surface area contributed by atoms with Crippen LogP contribution in [0.5, 0.6) is 11.8 Å². The Bertz CT molecular complexity index is 518. The smallest absolute Gasteiger partial charge is 0.224 e. The highest BCUT2D eigenvalue weighted by molar-refractivity contribution is 5.34. The topological polar surface area (TPSA) is 85.0 Å². The van der Waals surface area contributed by atoms with Crippen LogP contribution in [0.25, 0.3) is 0 Å². The lowest BCUT2D eigenvalue weighted by Crippen LogP contribution is -2.15. The van der Waals surface area contributed by atoms with Crippen molar-refractivity contribution < 1.29 is 9.47 Å². The highest BCUT2D eigenvalue weighted by atomic mass is 16.5. The second-order valence-corrected chi connectivity index (χ2v) is 3.99. The third kappa shape index (κ3) is 3.00. The van der Waals surface area contributed by atoms with Gasteiger partial charge in [-0.25, -0.2) is 9.97 Å². The molecule has 0 unspecified atom stereocenters. The molecule has 19 heavy (non-hydrogen) atoms. The monoisotopic (exact) mass is 263 g/mol. The molecule has 102 valence electrons. The quantitative estimate of drug-likeness (QED) is 0.802. The summed E-state index contributed by atoms with van der Waals surface area (Å²) < 4.78 is 10.4. The first-order valence-electron chi connectivity index (χ1n) is 5.87. The zero-order valence-electron chi connectivity index (χ0n) is 11.2. The number of methoxy groups -OCH3 is 2. The molecular formula is C12H17N5O2. The summed E-state index contributed by atoms with van der Waals surface area (Å²) in [7, 11) is 3.15. The van der Waals surface area contributed by atoms with Gasteiger partial charge in [0.05, 0.1) is 26.0 Å². The van der Waals surface area contributed by atoms with Crippen molar-refractivity contribution in [3.63, 3.8) is 0 Å². The molecule has 2 aromatic rings. The third-order valence-corrected chi connectivity index (χ3v) is 2.80. The predicted molar refractivity (Wildman–Crippen MR) is 69.0 cm³/mol. The Morgan fingerprint density at radius 1 is 1.16 bits per heavy atom. The molecule has 2 rings (SSSR count). The van der Waals surface area contributed by atoms with Crippen LogP contribution in [0.4, 0.5) is 0 Å². The van der Waals surface area contributed by atoms with Crippen molar-refractivity contribution in [2.45, 2.75) is 20.0 Å². The van der Waals surface area contributed by atoms with Gasteiger partial charge in [0.2, 0.25) is 11.8 Å². The summed E-state index contributed by atoms with van der Waals surface area (Å²) in [6.07, 6.45) is 3.22. The molecule has 0 saturated heterocycles. The molecule has 7 nitrogen and oxygen atoms in total. The van der Waals surface area contributed by atoms with Gasteiger partial charge in [-0.2, -0.15) is 5.10 Å². The highest BCUT2D eigenvalue weighted by Crippen LogP contribution is 2.22. The molecule has 7 heteroatoms. The first-order valence-corrected chi connectivity index (χ1v) is 5.87. The normalized spacial score (nSPS) is 10.5. The number of aromatic amines is 1. The number of rotatable bonds is 6. The van der Waals surface area contributed by atoms with Gasteiger partial charge in [0.1, 0.15) is 6.33 Å². The van der Waals surface area contributed by atoms with Crippen LogP contribution < -0.4 is 14.8 Å². The van der Waals surface area contributed by atoms with Crippen molar-refractivity contribution >= 4 is 0 Å². The zero-order chi connectivity index (χ0) is 13.7. The van der Waals surface area contributed by atoms with Crippen LogP contribution in [0.15, 0.2) is 12.5 Å². The molecule has 0 aromatic carbocycles. The Kier molecular flexibility index (Phi) is 4.30. The second-order valence-electron chi connectivity index (χ2n) is 3.99. The molecular weight excluding hydrogens is 246 g/mol. The van der Waals surface area contributed by atoms with Crippen molar-refractivity contribution in [1.29, 1.82) is 0 Å². The fraction of sp³-hybridized carbons (Fsp3) is 0.417.